The van der Waals surface area contributed by atoms with Crippen molar-refractivity contribution < 1.29 is 9.47 Å². The van der Waals surface area contributed by atoms with Crippen molar-refractivity contribution in [2.45, 2.75) is 57.9 Å². The molecule has 3 nitrogen and oxygen atoms in total. The van der Waals surface area contributed by atoms with Gasteiger partial charge in [-0.05, 0) is 51.0 Å². The summed E-state index contributed by atoms with van der Waals surface area (Å²) in [5, 5.41) is 3.52. The van der Waals surface area contributed by atoms with Gasteiger partial charge in [0.15, 0.2) is 0 Å². The highest BCUT2D eigenvalue weighted by atomic mass is 16.5. The van der Waals surface area contributed by atoms with E-state index in [1.54, 1.807) is 7.11 Å². The van der Waals surface area contributed by atoms with E-state index in [2.05, 4.69) is 19.3 Å². The Morgan fingerprint density at radius 3 is 2.63 bits per heavy atom. The average molecular weight is 271 g/mol. The summed E-state index contributed by atoms with van der Waals surface area (Å²) in [7, 11) is 3.84. The van der Waals surface area contributed by atoms with Gasteiger partial charge in [0.1, 0.15) is 0 Å². The lowest BCUT2D eigenvalue weighted by molar-refractivity contribution is 0.0643. The number of ether oxygens (including phenoxy) is 2. The second kappa shape index (κ2) is 10.6. The molecule has 0 aromatic rings. The first-order valence-electron chi connectivity index (χ1n) is 8.05. The smallest absolute Gasteiger partial charge is 0.0700 e. The Morgan fingerprint density at radius 1 is 1.11 bits per heavy atom. The lowest BCUT2D eigenvalue weighted by Gasteiger charge is -2.36. The molecule has 0 aliphatic heterocycles. The third-order valence-electron chi connectivity index (χ3n) is 4.45. The van der Waals surface area contributed by atoms with Crippen molar-refractivity contribution in [3.8, 4) is 0 Å². The highest BCUT2D eigenvalue weighted by Crippen LogP contribution is 2.34. The Hall–Kier alpha value is -0.120. The number of methoxy groups -OCH3 is 1. The van der Waals surface area contributed by atoms with Crippen LogP contribution in [-0.2, 0) is 9.47 Å². The average Bonchev–Trinajstić information content (AvgIpc) is 2.43. The molecule has 0 aromatic carbocycles. The van der Waals surface area contributed by atoms with E-state index in [9.17, 15) is 0 Å². The highest BCUT2D eigenvalue weighted by molar-refractivity contribution is 4.83. The van der Waals surface area contributed by atoms with Crippen LogP contribution in [0.2, 0.25) is 0 Å². The summed E-state index contributed by atoms with van der Waals surface area (Å²) >= 11 is 0. The molecule has 0 radical (unpaired) electrons. The third kappa shape index (κ3) is 6.73. The minimum atomic E-state index is 0.709. The molecule has 1 aliphatic rings. The molecule has 0 aromatic heterocycles. The number of hydrogen-bond donors (Lipinski definition) is 1. The van der Waals surface area contributed by atoms with E-state index < -0.39 is 0 Å². The maximum absolute atomic E-state index is 5.56. The maximum atomic E-state index is 5.56. The summed E-state index contributed by atoms with van der Waals surface area (Å²) in [6.45, 7) is 4.63. The molecule has 114 valence electrons. The zero-order chi connectivity index (χ0) is 13.9. The van der Waals surface area contributed by atoms with Gasteiger partial charge in [-0.1, -0.05) is 19.8 Å². The van der Waals surface area contributed by atoms with Crippen LogP contribution in [0.4, 0.5) is 0 Å². The second-order valence-electron chi connectivity index (χ2n) is 5.87. The molecule has 0 heterocycles. The summed E-state index contributed by atoms with van der Waals surface area (Å²) in [5.74, 6) is 1.82. The lowest BCUT2D eigenvalue weighted by Crippen LogP contribution is -2.38. The number of nitrogens with one attached hydrogen (secondary N) is 1. The van der Waals surface area contributed by atoms with Gasteiger partial charge in [0.2, 0.25) is 0 Å². The van der Waals surface area contributed by atoms with Crippen LogP contribution in [0.1, 0.15) is 51.9 Å². The summed E-state index contributed by atoms with van der Waals surface area (Å²) in [6, 6.07) is 0.729. The van der Waals surface area contributed by atoms with Crippen molar-refractivity contribution in [1.29, 1.82) is 0 Å². The van der Waals surface area contributed by atoms with Crippen molar-refractivity contribution >= 4 is 0 Å². The van der Waals surface area contributed by atoms with Crippen LogP contribution < -0.4 is 5.32 Å². The van der Waals surface area contributed by atoms with Gasteiger partial charge in [0, 0.05) is 19.8 Å². The van der Waals surface area contributed by atoms with Crippen LogP contribution in [0, 0.1) is 11.8 Å². The molecule has 1 fully saturated rings. The topological polar surface area (TPSA) is 30.5 Å². The van der Waals surface area contributed by atoms with E-state index in [1.165, 1.54) is 44.9 Å². The molecular formula is C16H33NO2. The Kier molecular flexibility index (Phi) is 9.48. The van der Waals surface area contributed by atoms with E-state index in [0.29, 0.717) is 6.61 Å². The van der Waals surface area contributed by atoms with E-state index in [4.69, 9.17) is 9.47 Å². The van der Waals surface area contributed by atoms with Crippen molar-refractivity contribution in [2.24, 2.45) is 11.8 Å². The molecule has 19 heavy (non-hydrogen) atoms. The molecule has 0 bridgehead atoms. The lowest BCUT2D eigenvalue weighted by atomic mass is 9.74. The van der Waals surface area contributed by atoms with Gasteiger partial charge >= 0.3 is 0 Å². The standard InChI is InChI=1S/C16H33NO2/c1-4-6-14-8-9-16(17-2)15(13-14)7-5-10-19-12-11-18-3/h14-17H,4-13H2,1-3H3. The fourth-order valence-electron chi connectivity index (χ4n) is 3.42. The Bertz CT molecular complexity index is 211. The first-order valence-corrected chi connectivity index (χ1v) is 8.05. The Balaban J connectivity index is 2.19. The molecule has 0 spiro atoms. The fourth-order valence-corrected chi connectivity index (χ4v) is 3.42. The van der Waals surface area contributed by atoms with E-state index in [1.807, 2.05) is 0 Å². The van der Waals surface area contributed by atoms with Gasteiger partial charge < -0.3 is 14.8 Å². The first-order chi connectivity index (χ1) is 9.31. The molecule has 1 N–H and O–H groups in total. The van der Waals surface area contributed by atoms with Crippen LogP contribution >= 0.6 is 0 Å². The fraction of sp³-hybridized carbons (Fsp3) is 1.00. The highest BCUT2D eigenvalue weighted by Gasteiger charge is 2.28. The van der Waals surface area contributed by atoms with Crippen LogP contribution in [0.25, 0.3) is 0 Å². The molecule has 0 amide bonds. The monoisotopic (exact) mass is 271 g/mol. The van der Waals surface area contributed by atoms with Gasteiger partial charge in [-0.15, -0.1) is 0 Å². The molecule has 3 heteroatoms. The largest absolute Gasteiger partial charge is 0.382 e. The van der Waals surface area contributed by atoms with Crippen molar-refractivity contribution in [3.05, 3.63) is 0 Å². The predicted molar refractivity (Wildman–Crippen MR) is 80.5 cm³/mol. The molecule has 1 saturated carbocycles. The van der Waals surface area contributed by atoms with Crippen LogP contribution in [0.15, 0.2) is 0 Å². The quantitative estimate of drug-likeness (QED) is 0.619. The predicted octanol–water partition coefficient (Wildman–Crippen LogP) is 3.23. The van der Waals surface area contributed by atoms with Gasteiger partial charge in [0.05, 0.1) is 13.2 Å². The zero-order valence-electron chi connectivity index (χ0n) is 13.1. The molecular weight excluding hydrogens is 238 g/mol. The van der Waals surface area contributed by atoms with Crippen LogP contribution in [0.5, 0.6) is 0 Å². The third-order valence-corrected chi connectivity index (χ3v) is 4.45. The Labute approximate surface area is 119 Å². The van der Waals surface area contributed by atoms with Crippen LogP contribution in [0.3, 0.4) is 0 Å². The number of rotatable bonds is 10. The zero-order valence-corrected chi connectivity index (χ0v) is 13.1. The normalized spacial score (nSPS) is 27.6. The molecule has 0 saturated heterocycles. The minimum absolute atomic E-state index is 0.709. The van der Waals surface area contributed by atoms with Gasteiger partial charge in [-0.3, -0.25) is 0 Å². The second-order valence-corrected chi connectivity index (χ2v) is 5.87. The molecule has 1 aliphatic carbocycles. The van der Waals surface area contributed by atoms with Crippen molar-refractivity contribution in [3.63, 3.8) is 0 Å². The van der Waals surface area contributed by atoms with Gasteiger partial charge in [-0.2, -0.15) is 0 Å². The maximum Gasteiger partial charge on any atom is 0.0700 e. The van der Waals surface area contributed by atoms with E-state index >= 15 is 0 Å². The first kappa shape index (κ1) is 16.9. The Morgan fingerprint density at radius 2 is 1.95 bits per heavy atom. The van der Waals surface area contributed by atoms with Crippen molar-refractivity contribution in [1.82, 2.24) is 5.32 Å². The summed E-state index contributed by atoms with van der Waals surface area (Å²) in [4.78, 5) is 0. The number of hydrogen-bond acceptors (Lipinski definition) is 3. The van der Waals surface area contributed by atoms with Crippen molar-refractivity contribution in [2.75, 3.05) is 34.0 Å². The van der Waals surface area contributed by atoms with Crippen LogP contribution in [-0.4, -0.2) is 40.0 Å². The summed E-state index contributed by atoms with van der Waals surface area (Å²) in [6.07, 6.45) is 9.43. The van der Waals surface area contributed by atoms with Gasteiger partial charge in [-0.25, -0.2) is 0 Å². The van der Waals surface area contributed by atoms with Gasteiger partial charge in [0.25, 0.3) is 0 Å². The molecule has 3 atom stereocenters. The molecule has 3 unspecified atom stereocenters. The SMILES string of the molecule is CCCC1CCC(NC)C(CCCOCCOC)C1. The summed E-state index contributed by atoms with van der Waals surface area (Å²) < 4.78 is 10.5. The molecule has 1 rings (SSSR count). The van der Waals surface area contributed by atoms with E-state index in [0.717, 1.165) is 31.1 Å². The minimum Gasteiger partial charge on any atom is -0.382 e. The summed E-state index contributed by atoms with van der Waals surface area (Å²) in [5.41, 5.74) is 0. The van der Waals surface area contributed by atoms with E-state index in [-0.39, 0.29) is 0 Å².